The standard InChI is InChI=1S/C19H22N2O3/c1-12(2)24-18-10-5-15(11-13(18)3)19(23)21-17-8-6-16(7-9-17)20-14(4)22/h5-12H,1-4H3,(H,20,22)(H,21,23). The van der Waals surface area contributed by atoms with E-state index in [-0.39, 0.29) is 17.9 Å². The largest absolute Gasteiger partial charge is 0.491 e. The van der Waals surface area contributed by atoms with Gasteiger partial charge in [-0.2, -0.15) is 0 Å². The van der Waals surface area contributed by atoms with E-state index in [9.17, 15) is 9.59 Å². The monoisotopic (exact) mass is 326 g/mol. The Balaban J connectivity index is 2.06. The van der Waals surface area contributed by atoms with E-state index in [1.54, 1.807) is 36.4 Å². The summed E-state index contributed by atoms with van der Waals surface area (Å²) < 4.78 is 5.68. The highest BCUT2D eigenvalue weighted by Crippen LogP contribution is 2.21. The number of aryl methyl sites for hydroxylation is 1. The molecule has 24 heavy (non-hydrogen) atoms. The molecule has 2 aromatic carbocycles. The number of anilines is 2. The summed E-state index contributed by atoms with van der Waals surface area (Å²) in [6, 6.07) is 12.3. The third-order valence-corrected chi connectivity index (χ3v) is 3.26. The molecule has 0 atom stereocenters. The molecule has 0 aliphatic rings. The van der Waals surface area contributed by atoms with E-state index in [1.807, 2.05) is 26.8 Å². The molecule has 5 heteroatoms. The van der Waals surface area contributed by atoms with Gasteiger partial charge in [-0.15, -0.1) is 0 Å². The third kappa shape index (κ3) is 4.84. The Morgan fingerprint density at radius 1 is 0.958 bits per heavy atom. The van der Waals surface area contributed by atoms with Gasteiger partial charge in [0.1, 0.15) is 5.75 Å². The second-order valence-electron chi connectivity index (χ2n) is 5.86. The Morgan fingerprint density at radius 2 is 1.54 bits per heavy atom. The van der Waals surface area contributed by atoms with Crippen molar-refractivity contribution >= 4 is 23.2 Å². The van der Waals surface area contributed by atoms with Crippen LogP contribution >= 0.6 is 0 Å². The van der Waals surface area contributed by atoms with Crippen LogP contribution in [0.15, 0.2) is 42.5 Å². The number of amides is 2. The highest BCUT2D eigenvalue weighted by molar-refractivity contribution is 6.04. The molecule has 2 amide bonds. The van der Waals surface area contributed by atoms with Crippen molar-refractivity contribution in [3.63, 3.8) is 0 Å². The van der Waals surface area contributed by atoms with Crippen molar-refractivity contribution in [3.8, 4) is 5.75 Å². The molecule has 2 rings (SSSR count). The van der Waals surface area contributed by atoms with Gasteiger partial charge in [0.25, 0.3) is 5.91 Å². The lowest BCUT2D eigenvalue weighted by atomic mass is 10.1. The number of ether oxygens (including phenoxy) is 1. The average molecular weight is 326 g/mol. The fourth-order valence-corrected chi connectivity index (χ4v) is 2.22. The fourth-order valence-electron chi connectivity index (χ4n) is 2.22. The summed E-state index contributed by atoms with van der Waals surface area (Å²) in [4.78, 5) is 23.3. The van der Waals surface area contributed by atoms with E-state index in [0.717, 1.165) is 11.3 Å². The maximum atomic E-state index is 12.3. The lowest BCUT2D eigenvalue weighted by molar-refractivity contribution is -0.114. The molecule has 0 heterocycles. The topological polar surface area (TPSA) is 67.4 Å². The molecule has 2 N–H and O–H groups in total. The molecule has 5 nitrogen and oxygen atoms in total. The Morgan fingerprint density at radius 3 is 2.04 bits per heavy atom. The van der Waals surface area contributed by atoms with Crippen molar-refractivity contribution in [1.29, 1.82) is 0 Å². The molecule has 0 fully saturated rings. The molecular weight excluding hydrogens is 304 g/mol. The number of carbonyl (C=O) groups is 2. The van der Waals surface area contributed by atoms with Gasteiger partial charge in [-0.25, -0.2) is 0 Å². The van der Waals surface area contributed by atoms with Crippen LogP contribution in [-0.2, 0) is 4.79 Å². The highest BCUT2D eigenvalue weighted by atomic mass is 16.5. The van der Waals surface area contributed by atoms with Crippen LogP contribution in [0.4, 0.5) is 11.4 Å². The second-order valence-corrected chi connectivity index (χ2v) is 5.86. The first-order valence-electron chi connectivity index (χ1n) is 7.81. The zero-order valence-corrected chi connectivity index (χ0v) is 14.3. The van der Waals surface area contributed by atoms with Gasteiger partial charge in [0, 0.05) is 23.9 Å². The highest BCUT2D eigenvalue weighted by Gasteiger charge is 2.10. The smallest absolute Gasteiger partial charge is 0.255 e. The summed E-state index contributed by atoms with van der Waals surface area (Å²) in [5.41, 5.74) is 2.83. The predicted octanol–water partition coefficient (Wildman–Crippen LogP) is 3.99. The molecule has 2 aromatic rings. The summed E-state index contributed by atoms with van der Waals surface area (Å²) >= 11 is 0. The molecule has 0 aliphatic heterocycles. The third-order valence-electron chi connectivity index (χ3n) is 3.26. The number of rotatable bonds is 5. The number of carbonyl (C=O) groups excluding carboxylic acids is 2. The number of benzene rings is 2. The van der Waals surface area contributed by atoms with Gasteiger partial charge in [-0.3, -0.25) is 9.59 Å². The average Bonchev–Trinajstić information content (AvgIpc) is 2.50. The summed E-state index contributed by atoms with van der Waals surface area (Å²) in [5, 5.41) is 5.51. The molecule has 126 valence electrons. The zero-order valence-electron chi connectivity index (χ0n) is 14.3. The Labute approximate surface area is 142 Å². The van der Waals surface area contributed by atoms with Crippen LogP contribution < -0.4 is 15.4 Å². The minimum atomic E-state index is -0.193. The number of nitrogens with one attached hydrogen (secondary N) is 2. The summed E-state index contributed by atoms with van der Waals surface area (Å²) in [7, 11) is 0. The minimum Gasteiger partial charge on any atom is -0.491 e. The summed E-state index contributed by atoms with van der Waals surface area (Å²) in [5.74, 6) is 0.452. The molecular formula is C19H22N2O3. The fraction of sp³-hybridized carbons (Fsp3) is 0.263. The lowest BCUT2D eigenvalue weighted by Gasteiger charge is -2.13. The van der Waals surface area contributed by atoms with Crippen LogP contribution in [-0.4, -0.2) is 17.9 Å². The van der Waals surface area contributed by atoms with Crippen LogP contribution in [0.3, 0.4) is 0 Å². The first-order valence-corrected chi connectivity index (χ1v) is 7.81. The van der Waals surface area contributed by atoms with Crippen LogP contribution in [0.5, 0.6) is 5.75 Å². The lowest BCUT2D eigenvalue weighted by Crippen LogP contribution is -2.13. The molecule has 0 aliphatic carbocycles. The van der Waals surface area contributed by atoms with Crippen molar-refractivity contribution in [3.05, 3.63) is 53.6 Å². The second kappa shape index (κ2) is 7.64. The maximum Gasteiger partial charge on any atom is 0.255 e. The van der Waals surface area contributed by atoms with Crippen molar-refractivity contribution < 1.29 is 14.3 Å². The number of hydrogen-bond acceptors (Lipinski definition) is 3. The van der Waals surface area contributed by atoms with Crippen molar-refractivity contribution in [2.24, 2.45) is 0 Å². The normalized spacial score (nSPS) is 10.4. The maximum absolute atomic E-state index is 12.3. The molecule has 0 spiro atoms. The number of hydrogen-bond donors (Lipinski definition) is 2. The van der Waals surface area contributed by atoms with Gasteiger partial charge < -0.3 is 15.4 Å². The zero-order chi connectivity index (χ0) is 17.7. The van der Waals surface area contributed by atoms with Crippen molar-refractivity contribution in [2.45, 2.75) is 33.8 Å². The van der Waals surface area contributed by atoms with Crippen LogP contribution in [0.2, 0.25) is 0 Å². The molecule has 0 saturated heterocycles. The van der Waals surface area contributed by atoms with Gasteiger partial charge in [0.2, 0.25) is 5.91 Å². The van der Waals surface area contributed by atoms with Gasteiger partial charge in [0.15, 0.2) is 0 Å². The summed E-state index contributed by atoms with van der Waals surface area (Å²) in [6.07, 6.45) is 0.0884. The van der Waals surface area contributed by atoms with Gasteiger partial charge >= 0.3 is 0 Å². The summed E-state index contributed by atoms with van der Waals surface area (Å²) in [6.45, 7) is 7.29. The van der Waals surface area contributed by atoms with Gasteiger partial charge in [-0.1, -0.05) is 0 Å². The molecule has 0 unspecified atom stereocenters. The first-order chi connectivity index (χ1) is 11.3. The van der Waals surface area contributed by atoms with E-state index in [2.05, 4.69) is 10.6 Å². The van der Waals surface area contributed by atoms with Crippen molar-refractivity contribution in [2.75, 3.05) is 10.6 Å². The van der Waals surface area contributed by atoms with Crippen molar-refractivity contribution in [1.82, 2.24) is 0 Å². The molecule has 0 saturated carbocycles. The minimum absolute atomic E-state index is 0.0884. The van der Waals surface area contributed by atoms with Crippen LogP contribution in [0.1, 0.15) is 36.7 Å². The van der Waals surface area contributed by atoms with Crippen LogP contribution in [0.25, 0.3) is 0 Å². The van der Waals surface area contributed by atoms with E-state index >= 15 is 0 Å². The Hall–Kier alpha value is -2.82. The predicted molar refractivity (Wildman–Crippen MR) is 95.6 cm³/mol. The quantitative estimate of drug-likeness (QED) is 0.873. The van der Waals surface area contributed by atoms with Crippen LogP contribution in [0, 0.1) is 6.92 Å². The van der Waals surface area contributed by atoms with E-state index in [0.29, 0.717) is 16.9 Å². The van der Waals surface area contributed by atoms with E-state index in [1.165, 1.54) is 6.92 Å². The van der Waals surface area contributed by atoms with E-state index in [4.69, 9.17) is 4.74 Å². The SMILES string of the molecule is CC(=O)Nc1ccc(NC(=O)c2ccc(OC(C)C)c(C)c2)cc1. The van der Waals surface area contributed by atoms with Gasteiger partial charge in [-0.05, 0) is 68.8 Å². The molecule has 0 aromatic heterocycles. The van der Waals surface area contributed by atoms with Gasteiger partial charge in [0.05, 0.1) is 6.10 Å². The first kappa shape index (κ1) is 17.5. The molecule has 0 radical (unpaired) electrons. The molecule has 0 bridgehead atoms. The Bertz CT molecular complexity index is 737. The van der Waals surface area contributed by atoms with E-state index < -0.39 is 0 Å². The Kier molecular flexibility index (Phi) is 5.58.